The summed E-state index contributed by atoms with van der Waals surface area (Å²) in [5, 5.41) is 6.18. The lowest BCUT2D eigenvalue weighted by atomic mass is 10.1. The molecule has 1 aliphatic heterocycles. The first-order chi connectivity index (χ1) is 12.0. The largest absolute Gasteiger partial charge is 0.385 e. The van der Waals surface area contributed by atoms with Crippen LogP contribution in [0.5, 0.6) is 0 Å². The van der Waals surface area contributed by atoms with Crippen LogP contribution in [0.4, 0.5) is 5.69 Å². The standard InChI is InChI=1S/C19H28N2O4/c1-13(2)14-5-7-16(8-6-14)20-10-9-17(22)21-12-15-11-18(23-3)25-19(15)24-4/h5-8,15,18-20H,1,9-12H2,2-4H3,(H,21,22). The normalized spacial score (nSPS) is 22.6. The maximum atomic E-state index is 12.0. The average Bonchev–Trinajstić information content (AvgIpc) is 3.03. The van der Waals surface area contributed by atoms with Crippen LogP contribution in [0.2, 0.25) is 0 Å². The lowest BCUT2D eigenvalue weighted by molar-refractivity contribution is -0.192. The molecule has 0 aromatic heterocycles. The molecule has 25 heavy (non-hydrogen) atoms. The Balaban J connectivity index is 1.68. The van der Waals surface area contributed by atoms with E-state index in [4.69, 9.17) is 14.2 Å². The lowest BCUT2D eigenvalue weighted by Gasteiger charge is -2.17. The van der Waals surface area contributed by atoms with Crippen molar-refractivity contribution in [3.05, 3.63) is 36.4 Å². The van der Waals surface area contributed by atoms with Crippen LogP contribution in [0.1, 0.15) is 25.3 Å². The van der Waals surface area contributed by atoms with Gasteiger partial charge in [-0.15, -0.1) is 0 Å². The van der Waals surface area contributed by atoms with Gasteiger partial charge in [0.2, 0.25) is 5.91 Å². The summed E-state index contributed by atoms with van der Waals surface area (Å²) in [6.45, 7) is 6.99. The van der Waals surface area contributed by atoms with Crippen LogP contribution < -0.4 is 10.6 Å². The number of nitrogens with one attached hydrogen (secondary N) is 2. The minimum atomic E-state index is -0.338. The van der Waals surface area contributed by atoms with E-state index in [1.807, 2.05) is 31.2 Å². The van der Waals surface area contributed by atoms with Gasteiger partial charge in [-0.1, -0.05) is 24.3 Å². The van der Waals surface area contributed by atoms with Crippen molar-refractivity contribution in [2.45, 2.75) is 32.3 Å². The highest BCUT2D eigenvalue weighted by Crippen LogP contribution is 2.26. The van der Waals surface area contributed by atoms with Gasteiger partial charge in [0, 0.05) is 51.8 Å². The van der Waals surface area contributed by atoms with E-state index in [1.54, 1.807) is 14.2 Å². The van der Waals surface area contributed by atoms with E-state index < -0.39 is 0 Å². The summed E-state index contributed by atoms with van der Waals surface area (Å²) < 4.78 is 16.0. The van der Waals surface area contributed by atoms with Gasteiger partial charge in [0.05, 0.1) is 0 Å². The van der Waals surface area contributed by atoms with E-state index in [0.717, 1.165) is 16.8 Å². The molecule has 1 aromatic rings. The molecule has 1 aliphatic rings. The summed E-state index contributed by atoms with van der Waals surface area (Å²) in [4.78, 5) is 12.0. The predicted molar refractivity (Wildman–Crippen MR) is 98.1 cm³/mol. The van der Waals surface area contributed by atoms with Gasteiger partial charge in [-0.3, -0.25) is 4.79 Å². The zero-order valence-corrected chi connectivity index (χ0v) is 15.2. The molecule has 2 N–H and O–H groups in total. The van der Waals surface area contributed by atoms with Crippen LogP contribution >= 0.6 is 0 Å². The van der Waals surface area contributed by atoms with Crippen LogP contribution in [0.15, 0.2) is 30.8 Å². The Labute approximate surface area is 149 Å². The van der Waals surface area contributed by atoms with Gasteiger partial charge in [-0.25, -0.2) is 0 Å². The van der Waals surface area contributed by atoms with Crippen LogP contribution in [0, 0.1) is 5.92 Å². The van der Waals surface area contributed by atoms with Crippen molar-refractivity contribution >= 4 is 17.2 Å². The van der Waals surface area contributed by atoms with E-state index in [1.165, 1.54) is 0 Å². The summed E-state index contributed by atoms with van der Waals surface area (Å²) in [5.74, 6) is 0.100. The second kappa shape index (κ2) is 9.56. The molecule has 138 valence electrons. The van der Waals surface area contributed by atoms with Crippen LogP contribution in [-0.4, -0.2) is 45.8 Å². The van der Waals surface area contributed by atoms with Crippen molar-refractivity contribution in [3.8, 4) is 0 Å². The summed E-state index contributed by atoms with van der Waals surface area (Å²) in [6, 6.07) is 8.02. The predicted octanol–water partition coefficient (Wildman–Crippen LogP) is 2.62. The number of ether oxygens (including phenoxy) is 3. The number of rotatable bonds is 9. The van der Waals surface area contributed by atoms with Crippen LogP contribution in [0.25, 0.3) is 5.57 Å². The third-order valence-corrected chi connectivity index (χ3v) is 4.28. The van der Waals surface area contributed by atoms with E-state index in [9.17, 15) is 4.79 Å². The Morgan fingerprint density at radius 3 is 2.60 bits per heavy atom. The third-order valence-electron chi connectivity index (χ3n) is 4.28. The number of carbonyl (C=O) groups is 1. The molecule has 6 heteroatoms. The lowest BCUT2D eigenvalue weighted by Crippen LogP contribution is -2.34. The van der Waals surface area contributed by atoms with E-state index >= 15 is 0 Å². The highest BCUT2D eigenvalue weighted by Gasteiger charge is 2.35. The molecule has 0 aliphatic carbocycles. The van der Waals surface area contributed by atoms with Gasteiger partial charge >= 0.3 is 0 Å². The number of anilines is 1. The number of benzene rings is 1. The molecule has 2 rings (SSSR count). The molecule has 3 unspecified atom stereocenters. The molecule has 1 fully saturated rings. The second-order valence-corrected chi connectivity index (χ2v) is 6.24. The molecule has 0 bridgehead atoms. The van der Waals surface area contributed by atoms with Gasteiger partial charge in [0.1, 0.15) is 0 Å². The minimum Gasteiger partial charge on any atom is -0.385 e. The molecule has 0 spiro atoms. The van der Waals surface area contributed by atoms with E-state index in [2.05, 4.69) is 17.2 Å². The number of carbonyl (C=O) groups excluding carboxylic acids is 1. The number of hydrogen-bond acceptors (Lipinski definition) is 5. The fourth-order valence-corrected chi connectivity index (χ4v) is 2.78. The first-order valence-corrected chi connectivity index (χ1v) is 8.51. The summed E-state index contributed by atoms with van der Waals surface area (Å²) in [6.07, 6.45) is 0.509. The molecule has 1 aromatic carbocycles. The quantitative estimate of drug-likeness (QED) is 0.718. The number of allylic oxidation sites excluding steroid dienone is 1. The molecule has 1 saturated heterocycles. The monoisotopic (exact) mass is 348 g/mol. The Bertz CT molecular complexity index is 573. The van der Waals surface area contributed by atoms with Gasteiger partial charge < -0.3 is 24.8 Å². The van der Waals surface area contributed by atoms with Crippen LogP contribution in [0.3, 0.4) is 0 Å². The molecule has 1 amide bonds. The number of methoxy groups -OCH3 is 2. The van der Waals surface area contributed by atoms with Gasteiger partial charge in [0.25, 0.3) is 0 Å². The Morgan fingerprint density at radius 1 is 1.28 bits per heavy atom. The smallest absolute Gasteiger partial charge is 0.221 e. The number of amides is 1. The molecule has 0 radical (unpaired) electrons. The zero-order valence-electron chi connectivity index (χ0n) is 15.2. The first-order valence-electron chi connectivity index (χ1n) is 8.51. The van der Waals surface area contributed by atoms with Gasteiger partial charge in [0.15, 0.2) is 12.6 Å². The summed E-state index contributed by atoms with van der Waals surface area (Å²) in [5.41, 5.74) is 3.14. The maximum Gasteiger partial charge on any atom is 0.221 e. The third kappa shape index (κ3) is 5.85. The molecular formula is C19H28N2O4. The van der Waals surface area contributed by atoms with Crippen molar-refractivity contribution in [1.82, 2.24) is 5.32 Å². The maximum absolute atomic E-state index is 12.0. The first kappa shape index (κ1) is 19.4. The van der Waals surface area contributed by atoms with Crippen molar-refractivity contribution < 1.29 is 19.0 Å². The van der Waals surface area contributed by atoms with Crippen molar-refractivity contribution in [3.63, 3.8) is 0 Å². The molecule has 6 nitrogen and oxygen atoms in total. The summed E-state index contributed by atoms with van der Waals surface area (Å²) >= 11 is 0. The van der Waals surface area contributed by atoms with E-state index in [0.29, 0.717) is 25.9 Å². The molecule has 1 heterocycles. The SMILES string of the molecule is C=C(C)c1ccc(NCCC(=O)NCC2CC(OC)OC2OC)cc1. The highest BCUT2D eigenvalue weighted by atomic mass is 16.8. The van der Waals surface area contributed by atoms with Gasteiger partial charge in [-0.2, -0.15) is 0 Å². The Morgan fingerprint density at radius 2 is 2.00 bits per heavy atom. The van der Waals surface area contributed by atoms with E-state index in [-0.39, 0.29) is 24.4 Å². The minimum absolute atomic E-state index is 0.00164. The molecule has 3 atom stereocenters. The second-order valence-electron chi connectivity index (χ2n) is 6.24. The molecule has 0 saturated carbocycles. The topological polar surface area (TPSA) is 68.8 Å². The number of hydrogen-bond donors (Lipinski definition) is 2. The fourth-order valence-electron chi connectivity index (χ4n) is 2.78. The Kier molecular flexibility index (Phi) is 7.43. The average molecular weight is 348 g/mol. The zero-order chi connectivity index (χ0) is 18.2. The van der Waals surface area contributed by atoms with Crippen molar-refractivity contribution in [2.75, 3.05) is 32.6 Å². The molecular weight excluding hydrogens is 320 g/mol. The highest BCUT2D eigenvalue weighted by molar-refractivity contribution is 5.76. The fraction of sp³-hybridized carbons (Fsp3) is 0.526. The Hall–Kier alpha value is -1.89. The van der Waals surface area contributed by atoms with Crippen LogP contribution in [-0.2, 0) is 19.0 Å². The van der Waals surface area contributed by atoms with Crippen molar-refractivity contribution in [2.24, 2.45) is 5.92 Å². The van der Waals surface area contributed by atoms with Gasteiger partial charge in [-0.05, 0) is 24.6 Å². The summed E-state index contributed by atoms with van der Waals surface area (Å²) in [7, 11) is 3.20. The van der Waals surface area contributed by atoms with Crippen molar-refractivity contribution in [1.29, 1.82) is 0 Å².